The molecule has 98 valence electrons. The van der Waals surface area contributed by atoms with Gasteiger partial charge in [0.1, 0.15) is 6.10 Å². The van der Waals surface area contributed by atoms with E-state index in [1.807, 2.05) is 0 Å². The lowest BCUT2D eigenvalue weighted by atomic mass is 10.2. The molecule has 0 spiro atoms. The summed E-state index contributed by atoms with van der Waals surface area (Å²) in [7, 11) is 0. The number of aromatic nitrogens is 2. The van der Waals surface area contributed by atoms with Gasteiger partial charge in [0.15, 0.2) is 4.93 Å². The number of aryl methyl sites for hydroxylation is 1. The number of ether oxygens (including phenoxy) is 1. The first-order valence-corrected chi connectivity index (χ1v) is 6.26. The van der Waals surface area contributed by atoms with Crippen molar-refractivity contribution in [2.45, 2.75) is 29.4 Å². The first kappa shape index (κ1) is 12.0. The van der Waals surface area contributed by atoms with Gasteiger partial charge in [0.2, 0.25) is 5.06 Å². The number of hydrogen-bond donors (Lipinski definition) is 3. The molecular weight excluding hydrogens is 260 g/mol. The van der Waals surface area contributed by atoms with Crippen molar-refractivity contribution in [1.29, 1.82) is 0 Å². The molecule has 1 aromatic rings. The summed E-state index contributed by atoms with van der Waals surface area (Å²) in [4.78, 5) is 24.2. The predicted molar refractivity (Wildman–Crippen MR) is 63.2 cm³/mol. The monoisotopic (exact) mass is 272 g/mol. The van der Waals surface area contributed by atoms with Crippen LogP contribution in [0.1, 0.15) is 12.0 Å². The second-order valence-corrected chi connectivity index (χ2v) is 6.08. The quantitative estimate of drug-likeness (QED) is 0.616. The number of hydrogen-bond acceptors (Lipinski definition) is 6. The van der Waals surface area contributed by atoms with E-state index in [9.17, 15) is 19.8 Å². The first-order chi connectivity index (χ1) is 8.42. The Morgan fingerprint density at radius 3 is 2.89 bits per heavy atom. The van der Waals surface area contributed by atoms with Gasteiger partial charge in [0, 0.05) is 18.2 Å². The average Bonchev–Trinajstić information content (AvgIpc) is 2.71. The summed E-state index contributed by atoms with van der Waals surface area (Å²) in [5.41, 5.74) is -0.640. The maximum absolute atomic E-state index is 11.8. The van der Waals surface area contributed by atoms with Gasteiger partial charge in [-0.1, -0.05) is 11.8 Å². The van der Waals surface area contributed by atoms with Crippen LogP contribution in [0, 0.1) is 6.92 Å². The van der Waals surface area contributed by atoms with Gasteiger partial charge in [-0.05, 0) is 6.92 Å². The van der Waals surface area contributed by atoms with E-state index in [0.717, 1.165) is 0 Å². The van der Waals surface area contributed by atoms with Crippen molar-refractivity contribution in [3.05, 3.63) is 32.6 Å². The molecule has 0 radical (unpaired) electrons. The van der Waals surface area contributed by atoms with Crippen molar-refractivity contribution >= 4 is 11.8 Å². The molecule has 3 N–H and O–H groups in total. The Balaban J connectivity index is 2.07. The second-order valence-electron chi connectivity index (χ2n) is 4.55. The van der Waals surface area contributed by atoms with Crippen molar-refractivity contribution < 1.29 is 14.9 Å². The van der Waals surface area contributed by atoms with Crippen molar-refractivity contribution in [2.75, 3.05) is 6.61 Å². The van der Waals surface area contributed by atoms with Crippen LogP contribution in [0.25, 0.3) is 0 Å². The molecule has 3 atom stereocenters. The molecule has 2 bridgehead atoms. The Kier molecular flexibility index (Phi) is 2.31. The van der Waals surface area contributed by atoms with Crippen molar-refractivity contribution in [3.8, 4) is 0 Å². The zero-order valence-electron chi connectivity index (χ0n) is 9.54. The van der Waals surface area contributed by atoms with Crippen LogP contribution in [0.2, 0.25) is 0 Å². The number of fused-ring (bicyclic) bond motifs is 1. The number of thioether (sulfide) groups is 1. The number of aliphatic hydroxyl groups is 2. The number of aromatic amines is 1. The molecule has 0 aliphatic carbocycles. The predicted octanol–water partition coefficient (Wildman–Crippen LogP) is -1.33. The molecule has 3 aliphatic rings. The third-order valence-electron chi connectivity index (χ3n) is 3.33. The average molecular weight is 272 g/mol. The van der Waals surface area contributed by atoms with Crippen LogP contribution >= 0.6 is 11.8 Å². The summed E-state index contributed by atoms with van der Waals surface area (Å²) >= 11 is 1.20. The highest BCUT2D eigenvalue weighted by molar-refractivity contribution is 8.02. The molecule has 0 unspecified atom stereocenters. The van der Waals surface area contributed by atoms with Crippen molar-refractivity contribution in [2.24, 2.45) is 0 Å². The molecular formula is C10H12N2O5S. The minimum Gasteiger partial charge on any atom is -0.392 e. The summed E-state index contributed by atoms with van der Waals surface area (Å²) in [5, 5.41) is 18.0. The van der Waals surface area contributed by atoms with E-state index in [0.29, 0.717) is 5.56 Å². The lowest BCUT2D eigenvalue weighted by Gasteiger charge is -2.46. The standard InChI is InChI=1S/C10H12N2O5S/c1-5-3-12(8(16)11-7(5)15)10-2-6(14)9(4-13,17-10)18-10/h3,6,13-14H,2,4H2,1H3,(H,11,15,16)/t6-,9-,10-/m0/s1. The van der Waals surface area contributed by atoms with Gasteiger partial charge in [0.05, 0.1) is 6.61 Å². The Bertz CT molecular complexity index is 615. The van der Waals surface area contributed by atoms with Crippen LogP contribution in [-0.2, 0) is 9.79 Å². The lowest BCUT2D eigenvalue weighted by Crippen LogP contribution is -2.54. The Morgan fingerprint density at radius 1 is 1.67 bits per heavy atom. The molecule has 3 aliphatic heterocycles. The zero-order valence-corrected chi connectivity index (χ0v) is 10.4. The van der Waals surface area contributed by atoms with Gasteiger partial charge < -0.3 is 14.9 Å². The molecule has 1 aromatic heterocycles. The topological polar surface area (TPSA) is 105 Å². The van der Waals surface area contributed by atoms with E-state index in [1.54, 1.807) is 6.92 Å². The smallest absolute Gasteiger partial charge is 0.331 e. The largest absolute Gasteiger partial charge is 0.392 e. The Morgan fingerprint density at radius 2 is 2.33 bits per heavy atom. The fraction of sp³-hybridized carbons (Fsp3) is 0.600. The van der Waals surface area contributed by atoms with E-state index in [2.05, 4.69) is 4.98 Å². The van der Waals surface area contributed by atoms with Crippen LogP contribution < -0.4 is 11.2 Å². The van der Waals surface area contributed by atoms with Crippen molar-refractivity contribution in [1.82, 2.24) is 9.55 Å². The van der Waals surface area contributed by atoms with E-state index >= 15 is 0 Å². The first-order valence-electron chi connectivity index (χ1n) is 5.45. The number of aliphatic hydroxyl groups excluding tert-OH is 2. The molecule has 3 fully saturated rings. The Hall–Kier alpha value is -1.09. The lowest BCUT2D eigenvalue weighted by molar-refractivity contribution is -0.124. The van der Waals surface area contributed by atoms with Gasteiger partial charge in [-0.2, -0.15) is 0 Å². The van der Waals surface area contributed by atoms with Gasteiger partial charge in [-0.25, -0.2) is 4.79 Å². The van der Waals surface area contributed by atoms with Crippen LogP contribution in [0.3, 0.4) is 0 Å². The molecule has 0 saturated carbocycles. The SMILES string of the molecule is Cc1cn([C@@]23C[C@H](O)[C@@](CO)(O2)S3)c(=O)[nH]c1=O. The molecule has 18 heavy (non-hydrogen) atoms. The van der Waals surface area contributed by atoms with Gasteiger partial charge in [-0.3, -0.25) is 14.3 Å². The van der Waals surface area contributed by atoms with Crippen LogP contribution in [0.5, 0.6) is 0 Å². The minimum atomic E-state index is -1.04. The van der Waals surface area contributed by atoms with Crippen molar-refractivity contribution in [3.63, 3.8) is 0 Å². The highest BCUT2D eigenvalue weighted by Gasteiger charge is 2.70. The van der Waals surface area contributed by atoms with Gasteiger partial charge >= 0.3 is 5.69 Å². The second kappa shape index (κ2) is 3.47. The molecule has 0 aromatic carbocycles. The molecule has 8 heteroatoms. The summed E-state index contributed by atoms with van der Waals surface area (Å²) in [6, 6.07) is 0. The maximum Gasteiger partial charge on any atom is 0.331 e. The van der Waals surface area contributed by atoms with E-state index in [1.165, 1.54) is 22.5 Å². The molecule has 3 saturated heterocycles. The van der Waals surface area contributed by atoms with Gasteiger partial charge in [-0.15, -0.1) is 0 Å². The molecule has 0 amide bonds. The maximum atomic E-state index is 11.8. The minimum absolute atomic E-state index is 0.198. The molecule has 7 nitrogen and oxygen atoms in total. The van der Waals surface area contributed by atoms with E-state index in [-0.39, 0.29) is 13.0 Å². The van der Waals surface area contributed by atoms with Crippen LogP contribution in [-0.4, -0.2) is 37.4 Å². The number of nitrogens with zero attached hydrogens (tertiary/aromatic N) is 1. The molecule has 4 heterocycles. The fourth-order valence-electron chi connectivity index (χ4n) is 2.35. The van der Waals surface area contributed by atoms with Crippen LogP contribution in [0.4, 0.5) is 0 Å². The number of rotatable bonds is 2. The third-order valence-corrected chi connectivity index (χ3v) is 4.93. The van der Waals surface area contributed by atoms with Crippen LogP contribution in [0.15, 0.2) is 15.8 Å². The summed E-state index contributed by atoms with van der Waals surface area (Å²) in [6.07, 6.45) is 0.767. The van der Waals surface area contributed by atoms with E-state index < -0.39 is 27.3 Å². The molecule has 4 rings (SSSR count). The third kappa shape index (κ3) is 1.31. The summed E-state index contributed by atoms with van der Waals surface area (Å²) < 4.78 is 6.81. The Labute approximate surface area is 105 Å². The fourth-order valence-corrected chi connectivity index (χ4v) is 3.90. The highest BCUT2D eigenvalue weighted by Crippen LogP contribution is 2.66. The van der Waals surface area contributed by atoms with Gasteiger partial charge in [0.25, 0.3) is 5.56 Å². The summed E-state index contributed by atoms with van der Waals surface area (Å²) in [5.74, 6) is 0. The highest BCUT2D eigenvalue weighted by atomic mass is 32.2. The normalized spacial score (nSPS) is 37.6. The number of nitrogens with one attached hydrogen (secondary N) is 1. The zero-order chi connectivity index (χ0) is 13.1. The summed E-state index contributed by atoms with van der Waals surface area (Å²) in [6.45, 7) is 1.26. The van der Waals surface area contributed by atoms with E-state index in [4.69, 9.17) is 4.74 Å². The number of H-pyrrole nitrogens is 1.